The van der Waals surface area contributed by atoms with Crippen molar-refractivity contribution < 1.29 is 14.6 Å². The molecule has 2 aromatic rings. The molecule has 21 heavy (non-hydrogen) atoms. The van der Waals surface area contributed by atoms with E-state index in [0.717, 1.165) is 5.56 Å². The Morgan fingerprint density at radius 2 is 1.81 bits per heavy atom. The van der Waals surface area contributed by atoms with Crippen molar-refractivity contribution in [1.29, 1.82) is 0 Å². The van der Waals surface area contributed by atoms with Gasteiger partial charge in [-0.05, 0) is 17.7 Å². The zero-order chi connectivity index (χ0) is 15.1. The molecule has 0 heterocycles. The van der Waals surface area contributed by atoms with Gasteiger partial charge in [0.05, 0.1) is 17.7 Å². The monoisotopic (exact) mass is 305 g/mol. The third-order valence-electron chi connectivity index (χ3n) is 2.92. The molecule has 110 valence electrons. The molecule has 1 atom stereocenters. The van der Waals surface area contributed by atoms with Crippen molar-refractivity contribution in [2.24, 2.45) is 0 Å². The zero-order valence-corrected chi connectivity index (χ0v) is 12.1. The van der Waals surface area contributed by atoms with Gasteiger partial charge in [0.15, 0.2) is 6.61 Å². The maximum Gasteiger partial charge on any atom is 0.258 e. The summed E-state index contributed by atoms with van der Waals surface area (Å²) in [5, 5.41) is 12.5. The molecule has 0 aliphatic carbocycles. The molecule has 0 aromatic heterocycles. The maximum absolute atomic E-state index is 11.9. The first-order valence-corrected chi connectivity index (χ1v) is 6.91. The Morgan fingerprint density at radius 3 is 2.48 bits per heavy atom. The molecule has 0 saturated carbocycles. The molecule has 0 aliphatic heterocycles. The Morgan fingerprint density at radius 1 is 1.14 bits per heavy atom. The highest BCUT2D eigenvalue weighted by atomic mass is 35.5. The molecule has 2 aromatic carbocycles. The fourth-order valence-corrected chi connectivity index (χ4v) is 2.05. The molecule has 0 saturated heterocycles. The largest absolute Gasteiger partial charge is 0.482 e. The van der Waals surface area contributed by atoms with Gasteiger partial charge in [-0.1, -0.05) is 54.1 Å². The van der Waals surface area contributed by atoms with Gasteiger partial charge in [0, 0.05) is 0 Å². The first-order chi connectivity index (χ1) is 10.2. The van der Waals surface area contributed by atoms with Crippen molar-refractivity contribution in [3.63, 3.8) is 0 Å². The van der Waals surface area contributed by atoms with Gasteiger partial charge in [0.25, 0.3) is 5.91 Å². The van der Waals surface area contributed by atoms with Crippen LogP contribution in [0.1, 0.15) is 11.6 Å². The van der Waals surface area contributed by atoms with Crippen LogP contribution in [0.4, 0.5) is 0 Å². The van der Waals surface area contributed by atoms with Crippen LogP contribution in [0.5, 0.6) is 5.75 Å². The van der Waals surface area contributed by atoms with Gasteiger partial charge in [0.2, 0.25) is 0 Å². The molecule has 4 nitrogen and oxygen atoms in total. The predicted octanol–water partition coefficient (Wildman–Crippen LogP) is 2.57. The summed E-state index contributed by atoms with van der Waals surface area (Å²) in [5.41, 5.74) is 0.839. The van der Waals surface area contributed by atoms with E-state index in [1.54, 1.807) is 24.3 Å². The minimum Gasteiger partial charge on any atom is -0.482 e. The molecular weight excluding hydrogens is 290 g/mol. The Bertz CT molecular complexity index is 589. The molecule has 0 fully saturated rings. The molecule has 0 spiro atoms. The number of aliphatic hydroxyl groups excluding tert-OH is 1. The van der Waals surface area contributed by atoms with Gasteiger partial charge in [-0.25, -0.2) is 0 Å². The lowest BCUT2D eigenvalue weighted by Crippen LogP contribution is -2.34. The molecule has 2 rings (SSSR count). The molecule has 1 amide bonds. The van der Waals surface area contributed by atoms with Gasteiger partial charge in [-0.2, -0.15) is 0 Å². The number of para-hydroxylation sites is 1. The van der Waals surface area contributed by atoms with Crippen LogP contribution in [0.25, 0.3) is 0 Å². The van der Waals surface area contributed by atoms with Crippen molar-refractivity contribution in [1.82, 2.24) is 5.32 Å². The van der Waals surface area contributed by atoms with E-state index in [9.17, 15) is 9.90 Å². The van der Waals surface area contributed by atoms with Gasteiger partial charge in [-0.3, -0.25) is 4.79 Å². The smallest absolute Gasteiger partial charge is 0.258 e. The van der Waals surface area contributed by atoms with E-state index in [4.69, 9.17) is 16.3 Å². The van der Waals surface area contributed by atoms with Crippen LogP contribution in [0.3, 0.4) is 0 Å². The lowest BCUT2D eigenvalue weighted by atomic mass is 10.1. The van der Waals surface area contributed by atoms with Crippen molar-refractivity contribution >= 4 is 17.5 Å². The SMILES string of the molecule is O=C(COc1ccccc1Cl)NC(CO)c1ccccc1. The van der Waals surface area contributed by atoms with E-state index in [1.165, 1.54) is 0 Å². The standard InChI is InChI=1S/C16H16ClNO3/c17-13-8-4-5-9-15(13)21-11-16(20)18-14(10-19)12-6-2-1-3-7-12/h1-9,14,19H,10-11H2,(H,18,20). The number of amides is 1. The summed E-state index contributed by atoms with van der Waals surface area (Å²) in [6, 6.07) is 15.8. The van der Waals surface area contributed by atoms with Crippen LogP contribution in [0.15, 0.2) is 54.6 Å². The number of ether oxygens (including phenoxy) is 1. The van der Waals surface area contributed by atoms with Crippen molar-refractivity contribution in [2.45, 2.75) is 6.04 Å². The molecular formula is C16H16ClNO3. The number of aliphatic hydroxyl groups is 1. The van der Waals surface area contributed by atoms with Crippen molar-refractivity contribution in [2.75, 3.05) is 13.2 Å². The zero-order valence-electron chi connectivity index (χ0n) is 11.3. The second-order valence-corrected chi connectivity index (χ2v) is 4.84. The Labute approximate surface area is 128 Å². The predicted molar refractivity (Wildman–Crippen MR) is 81.4 cm³/mol. The number of halogens is 1. The lowest BCUT2D eigenvalue weighted by molar-refractivity contribution is -0.124. The van der Waals surface area contributed by atoms with Gasteiger partial charge < -0.3 is 15.2 Å². The number of carbonyl (C=O) groups excluding carboxylic acids is 1. The van der Waals surface area contributed by atoms with Crippen molar-refractivity contribution in [3.8, 4) is 5.75 Å². The number of hydrogen-bond donors (Lipinski definition) is 2. The summed E-state index contributed by atoms with van der Waals surface area (Å²) in [6.45, 7) is -0.338. The highest BCUT2D eigenvalue weighted by Crippen LogP contribution is 2.22. The highest BCUT2D eigenvalue weighted by molar-refractivity contribution is 6.32. The van der Waals surface area contributed by atoms with Gasteiger partial charge in [-0.15, -0.1) is 0 Å². The third kappa shape index (κ3) is 4.48. The quantitative estimate of drug-likeness (QED) is 0.862. The number of carbonyl (C=O) groups is 1. The van der Waals surface area contributed by atoms with Crippen molar-refractivity contribution in [3.05, 3.63) is 65.2 Å². The minimum absolute atomic E-state index is 0.160. The van der Waals surface area contributed by atoms with Gasteiger partial charge >= 0.3 is 0 Å². The average Bonchev–Trinajstić information content (AvgIpc) is 2.52. The maximum atomic E-state index is 11.9. The summed E-state index contributed by atoms with van der Waals surface area (Å²) in [5.74, 6) is 0.132. The summed E-state index contributed by atoms with van der Waals surface area (Å²) in [4.78, 5) is 11.9. The topological polar surface area (TPSA) is 58.6 Å². The summed E-state index contributed by atoms with van der Waals surface area (Å²) < 4.78 is 5.35. The molecule has 5 heteroatoms. The second-order valence-electron chi connectivity index (χ2n) is 4.43. The summed E-state index contributed by atoms with van der Waals surface area (Å²) >= 11 is 5.94. The number of rotatable bonds is 6. The first-order valence-electron chi connectivity index (χ1n) is 6.53. The molecule has 1 unspecified atom stereocenters. The minimum atomic E-state index is -0.450. The van der Waals surface area contributed by atoms with Crippen LogP contribution >= 0.6 is 11.6 Å². The van der Waals surface area contributed by atoms with Crippen LogP contribution in [0.2, 0.25) is 5.02 Å². The summed E-state index contributed by atoms with van der Waals surface area (Å²) in [6.07, 6.45) is 0. The van der Waals surface area contributed by atoms with E-state index in [1.807, 2.05) is 30.3 Å². The second kappa shape index (κ2) is 7.67. The third-order valence-corrected chi connectivity index (χ3v) is 3.23. The van der Waals surface area contributed by atoms with Gasteiger partial charge in [0.1, 0.15) is 5.75 Å². The Balaban J connectivity index is 1.90. The van der Waals surface area contributed by atoms with Crippen LogP contribution in [-0.4, -0.2) is 24.2 Å². The molecule has 0 bridgehead atoms. The fraction of sp³-hybridized carbons (Fsp3) is 0.188. The normalized spacial score (nSPS) is 11.7. The molecule has 0 aliphatic rings. The van der Waals surface area contributed by atoms with Crippen LogP contribution < -0.4 is 10.1 Å². The van der Waals surface area contributed by atoms with E-state index in [-0.39, 0.29) is 19.1 Å². The van der Waals surface area contributed by atoms with Crippen LogP contribution in [-0.2, 0) is 4.79 Å². The Kier molecular flexibility index (Phi) is 5.60. The van der Waals surface area contributed by atoms with E-state index < -0.39 is 6.04 Å². The number of hydrogen-bond acceptors (Lipinski definition) is 3. The average molecular weight is 306 g/mol. The van der Waals surface area contributed by atoms with E-state index >= 15 is 0 Å². The molecule has 0 radical (unpaired) electrons. The first kappa shape index (κ1) is 15.4. The highest BCUT2D eigenvalue weighted by Gasteiger charge is 2.14. The number of benzene rings is 2. The van der Waals surface area contributed by atoms with E-state index in [2.05, 4.69) is 5.32 Å². The lowest BCUT2D eigenvalue weighted by Gasteiger charge is -2.17. The van der Waals surface area contributed by atoms with E-state index in [0.29, 0.717) is 10.8 Å². The molecule has 2 N–H and O–H groups in total. The fourth-order valence-electron chi connectivity index (χ4n) is 1.86. The Hall–Kier alpha value is -2.04. The number of nitrogens with one attached hydrogen (secondary N) is 1. The summed E-state index contributed by atoms with van der Waals surface area (Å²) in [7, 11) is 0. The van der Waals surface area contributed by atoms with Crippen LogP contribution in [0, 0.1) is 0 Å².